The molecule has 0 aliphatic carbocycles. The molecular formula is C13H16ClF3N4O. The van der Waals surface area contributed by atoms with Crippen LogP contribution in [0.1, 0.15) is 0 Å². The number of pyridine rings is 1. The number of amides is 1. The van der Waals surface area contributed by atoms with E-state index in [4.69, 9.17) is 11.6 Å². The topological polar surface area (TPSA) is 48.5 Å². The highest BCUT2D eigenvalue weighted by atomic mass is 35.5. The number of anilines is 1. The first-order valence-electron chi connectivity index (χ1n) is 6.75. The first-order valence-corrected chi connectivity index (χ1v) is 7.13. The molecule has 0 radical (unpaired) electrons. The highest BCUT2D eigenvalue weighted by molar-refractivity contribution is 6.32. The molecule has 1 aromatic rings. The van der Waals surface area contributed by atoms with Crippen molar-refractivity contribution in [2.24, 2.45) is 0 Å². The van der Waals surface area contributed by atoms with Crippen LogP contribution in [0, 0.1) is 0 Å². The van der Waals surface area contributed by atoms with Gasteiger partial charge in [-0.15, -0.1) is 0 Å². The van der Waals surface area contributed by atoms with Crippen LogP contribution in [0.3, 0.4) is 0 Å². The maximum Gasteiger partial charge on any atom is 0.401 e. The Balaban J connectivity index is 1.76. The van der Waals surface area contributed by atoms with Gasteiger partial charge in [0.1, 0.15) is 0 Å². The molecule has 2 heterocycles. The fourth-order valence-electron chi connectivity index (χ4n) is 2.23. The van der Waals surface area contributed by atoms with E-state index in [9.17, 15) is 18.0 Å². The van der Waals surface area contributed by atoms with Crippen LogP contribution < -0.4 is 5.32 Å². The number of alkyl halides is 3. The normalized spacial score (nSPS) is 17.5. The first kappa shape index (κ1) is 17.0. The average Bonchev–Trinajstić information content (AvgIpc) is 2.42. The Labute approximate surface area is 131 Å². The third-order valence-corrected chi connectivity index (χ3v) is 3.57. The van der Waals surface area contributed by atoms with Crippen LogP contribution in [0.25, 0.3) is 0 Å². The second-order valence-electron chi connectivity index (χ2n) is 5.06. The zero-order valence-electron chi connectivity index (χ0n) is 11.7. The van der Waals surface area contributed by atoms with Crippen LogP contribution >= 0.6 is 11.6 Å². The second kappa shape index (κ2) is 7.26. The monoisotopic (exact) mass is 336 g/mol. The molecule has 1 aliphatic heterocycles. The van der Waals surface area contributed by atoms with Gasteiger partial charge in [-0.05, 0) is 12.1 Å². The summed E-state index contributed by atoms with van der Waals surface area (Å²) in [5.74, 6) is -0.265. The quantitative estimate of drug-likeness (QED) is 0.853. The van der Waals surface area contributed by atoms with Gasteiger partial charge in [-0.1, -0.05) is 11.6 Å². The Morgan fingerprint density at radius 2 is 1.91 bits per heavy atom. The molecule has 0 bridgehead atoms. The lowest BCUT2D eigenvalue weighted by Gasteiger charge is -2.34. The molecular weight excluding hydrogens is 321 g/mol. The standard InChI is InChI=1S/C13H16ClF3N4O/c14-12-10(2-1-3-18-12)19-11(22)8-20-4-6-21(7-5-20)9-13(15,16)17/h1-3H,4-9H2,(H,19,22). The molecule has 1 amide bonds. The van der Waals surface area contributed by atoms with Gasteiger partial charge >= 0.3 is 6.18 Å². The number of carbonyl (C=O) groups excluding carboxylic acids is 1. The third-order valence-electron chi connectivity index (χ3n) is 3.27. The third kappa shape index (κ3) is 5.43. The molecule has 1 aliphatic rings. The summed E-state index contributed by atoms with van der Waals surface area (Å²) in [5.41, 5.74) is 0.421. The maximum absolute atomic E-state index is 12.3. The fraction of sp³-hybridized carbons (Fsp3) is 0.538. The minimum absolute atomic E-state index is 0.116. The number of hydrogen-bond acceptors (Lipinski definition) is 4. The summed E-state index contributed by atoms with van der Waals surface area (Å²) in [6, 6.07) is 3.28. The molecule has 0 saturated carbocycles. The number of nitrogens with one attached hydrogen (secondary N) is 1. The molecule has 1 saturated heterocycles. The minimum atomic E-state index is -4.18. The molecule has 22 heavy (non-hydrogen) atoms. The zero-order chi connectivity index (χ0) is 16.2. The minimum Gasteiger partial charge on any atom is -0.322 e. The zero-order valence-corrected chi connectivity index (χ0v) is 12.5. The Morgan fingerprint density at radius 3 is 2.50 bits per heavy atom. The van der Waals surface area contributed by atoms with Gasteiger partial charge in [0, 0.05) is 32.4 Å². The van der Waals surface area contributed by atoms with Crippen LogP contribution in [-0.2, 0) is 4.79 Å². The highest BCUT2D eigenvalue weighted by Crippen LogP contribution is 2.18. The number of aromatic nitrogens is 1. The van der Waals surface area contributed by atoms with E-state index in [1.165, 1.54) is 11.1 Å². The van der Waals surface area contributed by atoms with E-state index in [0.29, 0.717) is 31.9 Å². The summed E-state index contributed by atoms with van der Waals surface area (Å²) in [6.45, 7) is 0.638. The van der Waals surface area contributed by atoms with Crippen molar-refractivity contribution in [2.45, 2.75) is 6.18 Å². The lowest BCUT2D eigenvalue weighted by molar-refractivity contribution is -0.149. The van der Waals surface area contributed by atoms with Gasteiger partial charge < -0.3 is 5.32 Å². The Kier molecular flexibility index (Phi) is 5.60. The highest BCUT2D eigenvalue weighted by Gasteiger charge is 2.32. The van der Waals surface area contributed by atoms with Crippen LogP contribution in [0.4, 0.5) is 18.9 Å². The van der Waals surface area contributed by atoms with Gasteiger partial charge in [-0.3, -0.25) is 14.6 Å². The van der Waals surface area contributed by atoms with Crippen molar-refractivity contribution in [1.29, 1.82) is 0 Å². The van der Waals surface area contributed by atoms with Gasteiger partial charge in [0.05, 0.1) is 18.8 Å². The average molecular weight is 337 g/mol. The van der Waals surface area contributed by atoms with Crippen LogP contribution in [-0.4, -0.2) is 66.1 Å². The van der Waals surface area contributed by atoms with Crippen LogP contribution in [0.2, 0.25) is 5.15 Å². The maximum atomic E-state index is 12.3. The summed E-state index contributed by atoms with van der Waals surface area (Å²) < 4.78 is 36.9. The number of piperazine rings is 1. The van der Waals surface area contributed by atoms with Crippen molar-refractivity contribution in [3.63, 3.8) is 0 Å². The summed E-state index contributed by atoms with van der Waals surface area (Å²) in [6.07, 6.45) is -2.67. The van der Waals surface area contributed by atoms with E-state index in [1.54, 1.807) is 12.1 Å². The van der Waals surface area contributed by atoms with Gasteiger partial charge in [0.15, 0.2) is 5.15 Å². The van der Waals surface area contributed by atoms with Crippen molar-refractivity contribution >= 4 is 23.2 Å². The molecule has 9 heteroatoms. The molecule has 0 unspecified atom stereocenters. The Bertz CT molecular complexity index is 518. The SMILES string of the molecule is O=C(CN1CCN(CC(F)(F)F)CC1)Nc1cccnc1Cl. The van der Waals surface area contributed by atoms with E-state index in [-0.39, 0.29) is 17.6 Å². The molecule has 0 spiro atoms. The molecule has 2 rings (SSSR count). The van der Waals surface area contributed by atoms with Crippen LogP contribution in [0.5, 0.6) is 0 Å². The molecule has 1 N–H and O–H groups in total. The number of carbonyl (C=O) groups is 1. The summed E-state index contributed by atoms with van der Waals surface area (Å²) >= 11 is 5.84. The predicted octanol–water partition coefficient (Wildman–Crippen LogP) is 1.85. The number of hydrogen-bond donors (Lipinski definition) is 1. The first-order chi connectivity index (χ1) is 10.3. The Morgan fingerprint density at radius 1 is 1.27 bits per heavy atom. The van der Waals surface area contributed by atoms with Gasteiger partial charge in [0.25, 0.3) is 0 Å². The molecule has 122 valence electrons. The van der Waals surface area contributed by atoms with Crippen molar-refractivity contribution in [3.8, 4) is 0 Å². The molecule has 0 aromatic carbocycles. The molecule has 0 atom stereocenters. The van der Waals surface area contributed by atoms with Crippen molar-refractivity contribution in [1.82, 2.24) is 14.8 Å². The lowest BCUT2D eigenvalue weighted by atomic mass is 10.3. The van der Waals surface area contributed by atoms with Gasteiger partial charge in [0.2, 0.25) is 5.91 Å². The van der Waals surface area contributed by atoms with Crippen molar-refractivity contribution in [2.75, 3.05) is 44.6 Å². The van der Waals surface area contributed by atoms with E-state index in [2.05, 4.69) is 10.3 Å². The summed E-state index contributed by atoms with van der Waals surface area (Å²) in [5, 5.41) is 2.84. The number of rotatable bonds is 4. The summed E-state index contributed by atoms with van der Waals surface area (Å²) in [7, 11) is 0. The Hall–Kier alpha value is -1.38. The number of halogens is 4. The lowest BCUT2D eigenvalue weighted by Crippen LogP contribution is -2.50. The van der Waals surface area contributed by atoms with E-state index < -0.39 is 12.7 Å². The second-order valence-corrected chi connectivity index (χ2v) is 5.42. The van der Waals surface area contributed by atoms with Gasteiger partial charge in [-0.2, -0.15) is 13.2 Å². The van der Waals surface area contributed by atoms with Crippen molar-refractivity contribution < 1.29 is 18.0 Å². The smallest absolute Gasteiger partial charge is 0.322 e. The van der Waals surface area contributed by atoms with E-state index in [0.717, 1.165) is 0 Å². The van der Waals surface area contributed by atoms with E-state index in [1.807, 2.05) is 4.90 Å². The fourth-order valence-corrected chi connectivity index (χ4v) is 2.40. The van der Waals surface area contributed by atoms with E-state index >= 15 is 0 Å². The van der Waals surface area contributed by atoms with Crippen molar-refractivity contribution in [3.05, 3.63) is 23.5 Å². The molecule has 1 fully saturated rings. The van der Waals surface area contributed by atoms with Gasteiger partial charge in [-0.25, -0.2) is 4.98 Å². The summed E-state index contributed by atoms with van der Waals surface area (Å²) in [4.78, 5) is 18.9. The predicted molar refractivity (Wildman–Crippen MR) is 76.8 cm³/mol. The molecule has 1 aromatic heterocycles. The largest absolute Gasteiger partial charge is 0.401 e. The van der Waals surface area contributed by atoms with Crippen LogP contribution in [0.15, 0.2) is 18.3 Å². The number of nitrogens with zero attached hydrogens (tertiary/aromatic N) is 3. The molecule has 5 nitrogen and oxygen atoms in total.